The molecule has 0 aliphatic carbocycles. The van der Waals surface area contributed by atoms with Gasteiger partial charge in [0, 0.05) is 6.54 Å². The Morgan fingerprint density at radius 3 is 2.92 bits per heavy atom. The molecule has 0 saturated heterocycles. The van der Waals surface area contributed by atoms with Gasteiger partial charge in [-0.25, -0.2) is 0 Å². The van der Waals surface area contributed by atoms with Crippen molar-refractivity contribution in [3.63, 3.8) is 0 Å². The van der Waals surface area contributed by atoms with Crippen LogP contribution in [0.15, 0.2) is 12.1 Å². The van der Waals surface area contributed by atoms with Crippen LogP contribution in [0.5, 0.6) is 5.75 Å². The Kier molecular flexibility index (Phi) is 1.09. The van der Waals surface area contributed by atoms with Crippen LogP contribution in [-0.2, 0) is 17.6 Å². The lowest BCUT2D eigenvalue weighted by Crippen LogP contribution is -2.24. The molecule has 0 fully saturated rings. The predicted molar refractivity (Wildman–Crippen MR) is 47.9 cm³/mol. The van der Waals surface area contributed by atoms with Crippen molar-refractivity contribution >= 4 is 11.6 Å². The summed E-state index contributed by atoms with van der Waals surface area (Å²) in [5.74, 6) is 0.449. The van der Waals surface area contributed by atoms with E-state index >= 15 is 0 Å². The van der Waals surface area contributed by atoms with Crippen LogP contribution in [0, 0.1) is 0 Å². The fourth-order valence-corrected chi connectivity index (χ4v) is 2.27. The van der Waals surface area contributed by atoms with Gasteiger partial charge >= 0.3 is 0 Å². The fourth-order valence-electron chi connectivity index (χ4n) is 2.27. The number of rotatable bonds is 0. The molecule has 66 valence electrons. The Balaban J connectivity index is 2.30. The van der Waals surface area contributed by atoms with Crippen LogP contribution in [0.4, 0.5) is 5.69 Å². The summed E-state index contributed by atoms with van der Waals surface area (Å²) in [6.45, 7) is 0.782. The number of anilines is 1. The van der Waals surface area contributed by atoms with Gasteiger partial charge in [0.05, 0.1) is 12.1 Å². The average Bonchev–Trinajstić information content (AvgIpc) is 2.58. The molecule has 2 heterocycles. The van der Waals surface area contributed by atoms with E-state index in [0.717, 1.165) is 29.8 Å². The molecule has 3 nitrogen and oxygen atoms in total. The first-order chi connectivity index (χ1) is 6.25. The SMILES string of the molecule is O=C1Cc2cc(O)cc3c2N1CC3. The summed E-state index contributed by atoms with van der Waals surface area (Å²) < 4.78 is 0. The zero-order chi connectivity index (χ0) is 9.00. The molecule has 0 aromatic heterocycles. The highest BCUT2D eigenvalue weighted by Crippen LogP contribution is 2.39. The number of benzene rings is 1. The minimum Gasteiger partial charge on any atom is -0.508 e. The molecular formula is C10H9NO2. The summed E-state index contributed by atoms with van der Waals surface area (Å²) in [5.41, 5.74) is 3.15. The van der Waals surface area contributed by atoms with E-state index in [1.165, 1.54) is 0 Å². The molecule has 0 unspecified atom stereocenters. The highest BCUT2D eigenvalue weighted by molar-refractivity contribution is 6.03. The number of carbonyl (C=O) groups is 1. The summed E-state index contributed by atoms with van der Waals surface area (Å²) in [6, 6.07) is 3.46. The van der Waals surface area contributed by atoms with E-state index in [4.69, 9.17) is 0 Å². The lowest BCUT2D eigenvalue weighted by Gasteiger charge is -2.08. The molecule has 13 heavy (non-hydrogen) atoms. The molecule has 1 aromatic carbocycles. The van der Waals surface area contributed by atoms with E-state index in [-0.39, 0.29) is 11.7 Å². The van der Waals surface area contributed by atoms with E-state index in [1.807, 2.05) is 4.90 Å². The lowest BCUT2D eigenvalue weighted by molar-refractivity contribution is -0.117. The van der Waals surface area contributed by atoms with Crippen LogP contribution >= 0.6 is 0 Å². The van der Waals surface area contributed by atoms with Crippen molar-refractivity contribution < 1.29 is 9.90 Å². The second-order valence-electron chi connectivity index (χ2n) is 3.58. The third kappa shape index (κ3) is 0.763. The highest BCUT2D eigenvalue weighted by Gasteiger charge is 2.33. The molecule has 2 aliphatic rings. The zero-order valence-electron chi connectivity index (χ0n) is 7.08. The molecule has 3 heteroatoms. The number of hydrogen-bond donors (Lipinski definition) is 1. The Hall–Kier alpha value is -1.51. The maximum atomic E-state index is 11.5. The number of phenols is 1. The van der Waals surface area contributed by atoms with Crippen molar-refractivity contribution in [2.45, 2.75) is 12.8 Å². The summed E-state index contributed by atoms with van der Waals surface area (Å²) in [6.07, 6.45) is 1.33. The van der Waals surface area contributed by atoms with Crippen molar-refractivity contribution in [3.05, 3.63) is 23.3 Å². The Morgan fingerprint density at radius 1 is 1.31 bits per heavy atom. The Morgan fingerprint density at radius 2 is 2.08 bits per heavy atom. The first-order valence-electron chi connectivity index (χ1n) is 4.41. The van der Waals surface area contributed by atoms with E-state index < -0.39 is 0 Å². The number of hydrogen-bond acceptors (Lipinski definition) is 2. The van der Waals surface area contributed by atoms with Gasteiger partial charge in [-0.2, -0.15) is 0 Å². The number of amides is 1. The first-order valence-corrected chi connectivity index (χ1v) is 4.41. The fraction of sp³-hybridized carbons (Fsp3) is 0.300. The van der Waals surface area contributed by atoms with Crippen molar-refractivity contribution in [1.82, 2.24) is 0 Å². The number of nitrogens with zero attached hydrogens (tertiary/aromatic N) is 1. The number of aromatic hydroxyl groups is 1. The highest BCUT2D eigenvalue weighted by atomic mass is 16.3. The lowest BCUT2D eigenvalue weighted by atomic mass is 10.1. The largest absolute Gasteiger partial charge is 0.508 e. The van der Waals surface area contributed by atoms with Crippen LogP contribution in [0.1, 0.15) is 11.1 Å². The van der Waals surface area contributed by atoms with E-state index in [9.17, 15) is 9.90 Å². The normalized spacial score (nSPS) is 18.2. The minimum absolute atomic E-state index is 0.166. The summed E-state index contributed by atoms with van der Waals surface area (Å²) in [7, 11) is 0. The van der Waals surface area contributed by atoms with Gasteiger partial charge in [0.25, 0.3) is 0 Å². The molecule has 0 radical (unpaired) electrons. The van der Waals surface area contributed by atoms with Crippen LogP contribution < -0.4 is 4.90 Å². The maximum absolute atomic E-state index is 11.5. The van der Waals surface area contributed by atoms with Crippen LogP contribution in [-0.4, -0.2) is 17.6 Å². The molecular weight excluding hydrogens is 166 g/mol. The van der Waals surface area contributed by atoms with Gasteiger partial charge in [0.15, 0.2) is 0 Å². The Bertz CT molecular complexity index is 412. The molecule has 0 bridgehead atoms. The van der Waals surface area contributed by atoms with E-state index in [0.29, 0.717) is 6.42 Å². The van der Waals surface area contributed by atoms with Gasteiger partial charge in [-0.15, -0.1) is 0 Å². The summed E-state index contributed by atoms with van der Waals surface area (Å²) >= 11 is 0. The van der Waals surface area contributed by atoms with Gasteiger partial charge in [0.2, 0.25) is 5.91 Å². The van der Waals surface area contributed by atoms with Crippen molar-refractivity contribution in [2.24, 2.45) is 0 Å². The van der Waals surface area contributed by atoms with Gasteiger partial charge in [-0.05, 0) is 29.7 Å². The number of carbonyl (C=O) groups excluding carboxylic acids is 1. The molecule has 2 aliphatic heterocycles. The smallest absolute Gasteiger partial charge is 0.231 e. The third-order valence-electron chi connectivity index (χ3n) is 2.77. The van der Waals surface area contributed by atoms with Gasteiger partial charge in [0.1, 0.15) is 5.75 Å². The molecule has 1 aromatic rings. The monoisotopic (exact) mass is 175 g/mol. The standard InChI is InChI=1S/C10H9NO2/c12-8-3-6-1-2-11-9(13)5-7(4-8)10(6)11/h3-4,12H,1-2,5H2. The molecule has 1 N–H and O–H groups in total. The quantitative estimate of drug-likeness (QED) is 0.634. The molecule has 0 spiro atoms. The van der Waals surface area contributed by atoms with E-state index in [1.54, 1.807) is 12.1 Å². The number of phenolic OH excluding ortho intramolecular Hbond substituents is 1. The van der Waals surface area contributed by atoms with Gasteiger partial charge in [-0.3, -0.25) is 4.79 Å². The maximum Gasteiger partial charge on any atom is 0.231 e. The first kappa shape index (κ1) is 6.95. The van der Waals surface area contributed by atoms with Gasteiger partial charge < -0.3 is 10.0 Å². The second kappa shape index (κ2) is 2.05. The van der Waals surface area contributed by atoms with Crippen molar-refractivity contribution in [3.8, 4) is 5.75 Å². The zero-order valence-corrected chi connectivity index (χ0v) is 7.08. The molecule has 1 amide bonds. The Labute approximate surface area is 75.6 Å². The molecule has 0 saturated carbocycles. The molecule has 3 rings (SSSR count). The third-order valence-corrected chi connectivity index (χ3v) is 2.77. The minimum atomic E-state index is 0.166. The molecule has 0 atom stereocenters. The summed E-state index contributed by atoms with van der Waals surface area (Å²) in [4.78, 5) is 13.3. The van der Waals surface area contributed by atoms with E-state index in [2.05, 4.69) is 0 Å². The van der Waals surface area contributed by atoms with Crippen LogP contribution in [0.3, 0.4) is 0 Å². The van der Waals surface area contributed by atoms with Crippen molar-refractivity contribution in [2.75, 3.05) is 11.4 Å². The van der Waals surface area contributed by atoms with Crippen molar-refractivity contribution in [1.29, 1.82) is 0 Å². The summed E-state index contributed by atoms with van der Waals surface area (Å²) in [5, 5.41) is 9.38. The predicted octanol–water partition coefficient (Wildman–Crippen LogP) is 0.837. The van der Waals surface area contributed by atoms with Gasteiger partial charge in [-0.1, -0.05) is 0 Å². The van der Waals surface area contributed by atoms with Crippen LogP contribution in [0.2, 0.25) is 0 Å². The second-order valence-corrected chi connectivity index (χ2v) is 3.58. The topological polar surface area (TPSA) is 40.5 Å². The average molecular weight is 175 g/mol. The van der Waals surface area contributed by atoms with Crippen LogP contribution in [0.25, 0.3) is 0 Å².